The topological polar surface area (TPSA) is 111 Å². The molecular formula is C12H17NO7. The number of hydrogen-bond acceptors (Lipinski definition) is 7. The summed E-state index contributed by atoms with van der Waals surface area (Å²) in [5.74, 6) is 0.520. The van der Waals surface area contributed by atoms with E-state index in [1.807, 2.05) is 0 Å². The van der Waals surface area contributed by atoms with E-state index >= 15 is 0 Å². The number of benzene rings is 1. The number of aliphatic hydroxyl groups excluding tert-OH is 2. The Hall–Kier alpha value is -1.90. The first-order valence-electron chi connectivity index (χ1n) is 6.02. The van der Waals surface area contributed by atoms with Gasteiger partial charge in [0, 0.05) is 6.07 Å². The minimum Gasteiger partial charge on any atom is -0.487 e. The van der Waals surface area contributed by atoms with Gasteiger partial charge in [-0.15, -0.1) is 0 Å². The maximum absolute atomic E-state index is 10.7. The van der Waals surface area contributed by atoms with Gasteiger partial charge in [-0.1, -0.05) is 0 Å². The van der Waals surface area contributed by atoms with Gasteiger partial charge in [-0.3, -0.25) is 10.1 Å². The van der Waals surface area contributed by atoms with Crippen LogP contribution < -0.4 is 9.47 Å². The molecule has 2 N–H and O–H groups in total. The molecule has 0 aliphatic carbocycles. The van der Waals surface area contributed by atoms with Gasteiger partial charge in [0.2, 0.25) is 0 Å². The quantitative estimate of drug-likeness (QED) is 0.363. The van der Waals surface area contributed by atoms with Crippen molar-refractivity contribution in [3.05, 3.63) is 28.3 Å². The maximum atomic E-state index is 10.7. The number of hydrogen-bond donors (Lipinski definition) is 2. The number of rotatable bonds is 10. The predicted octanol–water partition coefficient (Wildman–Crippen LogP) is 0.354. The lowest BCUT2D eigenvalue weighted by molar-refractivity contribution is -0.385. The molecule has 1 aromatic carbocycles. The van der Waals surface area contributed by atoms with Gasteiger partial charge in [-0.05, 0) is 6.07 Å². The van der Waals surface area contributed by atoms with Crippen LogP contribution in [0, 0.1) is 10.1 Å². The number of aliphatic hydroxyl groups is 2. The normalized spacial score (nSPS) is 10.3. The average Bonchev–Trinajstić information content (AvgIpc) is 2.45. The summed E-state index contributed by atoms with van der Waals surface area (Å²) in [5.41, 5.74) is -0.123. The van der Waals surface area contributed by atoms with Crippen molar-refractivity contribution in [3.8, 4) is 11.5 Å². The largest absolute Gasteiger partial charge is 0.487 e. The van der Waals surface area contributed by atoms with Gasteiger partial charge in [0.15, 0.2) is 11.5 Å². The molecule has 0 bridgehead atoms. The second kappa shape index (κ2) is 9.08. The highest BCUT2D eigenvalue weighted by atomic mass is 16.6. The fourth-order valence-electron chi connectivity index (χ4n) is 1.38. The summed E-state index contributed by atoms with van der Waals surface area (Å²) in [6.07, 6.45) is 0. The zero-order valence-corrected chi connectivity index (χ0v) is 10.9. The molecule has 0 saturated heterocycles. The van der Waals surface area contributed by atoms with Crippen molar-refractivity contribution in [2.45, 2.75) is 0 Å². The summed E-state index contributed by atoms with van der Waals surface area (Å²) in [6.45, 7) is 0.449. The SMILES string of the molecule is O=[N+]([O-])c1ccc(OCCOCCO)c(OCCO)c1. The van der Waals surface area contributed by atoms with Crippen LogP contribution in [0.25, 0.3) is 0 Å². The van der Waals surface area contributed by atoms with E-state index in [4.69, 9.17) is 24.4 Å². The molecular weight excluding hydrogens is 270 g/mol. The van der Waals surface area contributed by atoms with Crippen LogP contribution in [-0.4, -0.2) is 54.8 Å². The smallest absolute Gasteiger partial charge is 0.273 e. The lowest BCUT2D eigenvalue weighted by Crippen LogP contribution is -2.10. The lowest BCUT2D eigenvalue weighted by Gasteiger charge is -2.12. The second-order valence-electron chi connectivity index (χ2n) is 3.64. The minimum absolute atomic E-state index is 0.0124. The molecule has 0 aliphatic rings. The highest BCUT2D eigenvalue weighted by molar-refractivity contribution is 5.48. The van der Waals surface area contributed by atoms with Crippen LogP contribution in [0.2, 0.25) is 0 Å². The first-order chi connectivity index (χ1) is 9.69. The van der Waals surface area contributed by atoms with E-state index in [1.54, 1.807) is 0 Å². The fraction of sp³-hybridized carbons (Fsp3) is 0.500. The van der Waals surface area contributed by atoms with E-state index < -0.39 is 4.92 Å². The molecule has 0 amide bonds. The van der Waals surface area contributed by atoms with Crippen LogP contribution in [0.4, 0.5) is 5.69 Å². The van der Waals surface area contributed by atoms with Crippen LogP contribution in [0.5, 0.6) is 11.5 Å². The minimum atomic E-state index is -0.542. The van der Waals surface area contributed by atoms with Gasteiger partial charge in [0.1, 0.15) is 13.2 Å². The van der Waals surface area contributed by atoms with Crippen LogP contribution in [-0.2, 0) is 4.74 Å². The van der Waals surface area contributed by atoms with Crippen LogP contribution in [0.15, 0.2) is 18.2 Å². The Morgan fingerprint density at radius 3 is 2.35 bits per heavy atom. The van der Waals surface area contributed by atoms with Crippen molar-refractivity contribution in [1.82, 2.24) is 0 Å². The monoisotopic (exact) mass is 287 g/mol. The molecule has 0 fully saturated rings. The van der Waals surface area contributed by atoms with Crippen molar-refractivity contribution in [1.29, 1.82) is 0 Å². The summed E-state index contributed by atoms with van der Waals surface area (Å²) in [5, 5.41) is 27.9. The van der Waals surface area contributed by atoms with E-state index in [2.05, 4.69) is 0 Å². The number of non-ortho nitro benzene ring substituents is 1. The molecule has 1 aromatic rings. The Kier molecular flexibility index (Phi) is 7.33. The van der Waals surface area contributed by atoms with Crippen molar-refractivity contribution >= 4 is 5.69 Å². The Morgan fingerprint density at radius 1 is 1.00 bits per heavy atom. The molecule has 0 radical (unpaired) electrons. The second-order valence-corrected chi connectivity index (χ2v) is 3.64. The zero-order valence-electron chi connectivity index (χ0n) is 10.9. The summed E-state index contributed by atoms with van der Waals surface area (Å²) < 4.78 is 15.6. The highest BCUT2D eigenvalue weighted by Gasteiger charge is 2.13. The molecule has 20 heavy (non-hydrogen) atoms. The predicted molar refractivity (Wildman–Crippen MR) is 69.1 cm³/mol. The summed E-state index contributed by atoms with van der Waals surface area (Å²) in [4.78, 5) is 10.1. The molecule has 0 saturated carbocycles. The summed E-state index contributed by atoms with van der Waals surface area (Å²) in [6, 6.07) is 3.96. The van der Waals surface area contributed by atoms with Gasteiger partial charge < -0.3 is 24.4 Å². The molecule has 0 unspecified atom stereocenters. The van der Waals surface area contributed by atoms with E-state index in [0.717, 1.165) is 0 Å². The molecule has 8 nitrogen and oxygen atoms in total. The van der Waals surface area contributed by atoms with E-state index in [-0.39, 0.29) is 51.1 Å². The average molecular weight is 287 g/mol. The standard InChI is InChI=1S/C12H17NO7/c14-3-5-18-7-8-20-11-2-1-10(13(16)17)9-12(11)19-6-4-15/h1-2,9,14-15H,3-8H2. The number of nitro benzene ring substituents is 1. The molecule has 1 rings (SSSR count). The van der Waals surface area contributed by atoms with Gasteiger partial charge >= 0.3 is 0 Å². The highest BCUT2D eigenvalue weighted by Crippen LogP contribution is 2.31. The number of ether oxygens (including phenoxy) is 3. The van der Waals surface area contributed by atoms with Gasteiger partial charge in [-0.25, -0.2) is 0 Å². The fourth-order valence-corrected chi connectivity index (χ4v) is 1.38. The van der Waals surface area contributed by atoms with Crippen molar-refractivity contribution < 1.29 is 29.3 Å². The third-order valence-corrected chi connectivity index (χ3v) is 2.21. The number of nitro groups is 1. The van der Waals surface area contributed by atoms with E-state index in [0.29, 0.717) is 5.75 Å². The Bertz CT molecular complexity index is 424. The van der Waals surface area contributed by atoms with Crippen molar-refractivity contribution in [2.24, 2.45) is 0 Å². The molecule has 0 aliphatic heterocycles. The molecule has 0 spiro atoms. The molecule has 0 aromatic heterocycles. The number of nitrogens with zero attached hydrogens (tertiary/aromatic N) is 1. The molecule has 112 valence electrons. The van der Waals surface area contributed by atoms with Gasteiger partial charge in [-0.2, -0.15) is 0 Å². The van der Waals surface area contributed by atoms with Crippen LogP contribution in [0.3, 0.4) is 0 Å². The third-order valence-electron chi connectivity index (χ3n) is 2.21. The molecule has 0 atom stereocenters. The maximum Gasteiger partial charge on any atom is 0.273 e. The Morgan fingerprint density at radius 2 is 1.70 bits per heavy atom. The lowest BCUT2D eigenvalue weighted by atomic mass is 10.3. The summed E-state index contributed by atoms with van der Waals surface area (Å²) in [7, 11) is 0. The summed E-state index contributed by atoms with van der Waals surface area (Å²) >= 11 is 0. The van der Waals surface area contributed by atoms with Crippen molar-refractivity contribution in [2.75, 3.05) is 39.6 Å². The molecule has 8 heteroatoms. The van der Waals surface area contributed by atoms with Crippen LogP contribution >= 0.6 is 0 Å². The first kappa shape index (κ1) is 16.2. The van der Waals surface area contributed by atoms with E-state index in [9.17, 15) is 10.1 Å². The third kappa shape index (κ3) is 5.39. The van der Waals surface area contributed by atoms with Crippen molar-refractivity contribution in [3.63, 3.8) is 0 Å². The van der Waals surface area contributed by atoms with E-state index in [1.165, 1.54) is 18.2 Å². The molecule has 0 heterocycles. The zero-order chi connectivity index (χ0) is 14.8. The van der Waals surface area contributed by atoms with Gasteiger partial charge in [0.05, 0.1) is 37.4 Å². The first-order valence-corrected chi connectivity index (χ1v) is 6.02. The Balaban J connectivity index is 2.64. The van der Waals surface area contributed by atoms with Crippen LogP contribution in [0.1, 0.15) is 0 Å². The van der Waals surface area contributed by atoms with Gasteiger partial charge in [0.25, 0.3) is 5.69 Å². The Labute approximate surface area is 115 Å².